The zero-order valence-electron chi connectivity index (χ0n) is 9.76. The number of hydrogen-bond donors (Lipinski definition) is 0. The molecule has 1 unspecified atom stereocenters. The van der Waals surface area contributed by atoms with E-state index in [1.54, 1.807) is 0 Å². The number of hydrogen-bond acceptors (Lipinski definition) is 1. The molecule has 0 aromatic carbocycles. The molecular formula is C12H19BrN2. The largest absolute Gasteiger partial charge is 0.272 e. The van der Waals surface area contributed by atoms with Gasteiger partial charge in [0.05, 0.1) is 5.69 Å². The fraction of sp³-hybridized carbons (Fsp3) is 0.750. The van der Waals surface area contributed by atoms with Gasteiger partial charge in [0.25, 0.3) is 0 Å². The molecule has 1 aromatic rings. The molecule has 1 aliphatic rings. The van der Waals surface area contributed by atoms with E-state index in [2.05, 4.69) is 48.0 Å². The Morgan fingerprint density at radius 1 is 1.60 bits per heavy atom. The molecule has 1 atom stereocenters. The van der Waals surface area contributed by atoms with Crippen LogP contribution >= 0.6 is 15.9 Å². The molecule has 0 saturated heterocycles. The normalized spacial score (nSPS) is 20.3. The van der Waals surface area contributed by atoms with Crippen LogP contribution in [0, 0.1) is 5.41 Å². The molecule has 1 aromatic heterocycles. The van der Waals surface area contributed by atoms with Gasteiger partial charge in [-0.05, 0) is 37.2 Å². The van der Waals surface area contributed by atoms with Gasteiger partial charge in [0, 0.05) is 17.6 Å². The lowest BCUT2D eigenvalue weighted by atomic mass is 9.97. The number of rotatable bonds is 4. The molecule has 1 saturated carbocycles. The zero-order chi connectivity index (χ0) is 11.1. The smallest absolute Gasteiger partial charge is 0.0624 e. The lowest BCUT2D eigenvalue weighted by molar-refractivity contribution is 0.487. The van der Waals surface area contributed by atoms with Crippen molar-refractivity contribution < 1.29 is 0 Å². The van der Waals surface area contributed by atoms with Crippen LogP contribution in [0.2, 0.25) is 0 Å². The lowest BCUT2D eigenvalue weighted by Gasteiger charge is -2.17. The maximum atomic E-state index is 4.50. The predicted molar refractivity (Wildman–Crippen MR) is 66.3 cm³/mol. The van der Waals surface area contributed by atoms with Crippen molar-refractivity contribution in [1.82, 2.24) is 9.78 Å². The van der Waals surface area contributed by atoms with Gasteiger partial charge in [-0.2, -0.15) is 5.10 Å². The van der Waals surface area contributed by atoms with E-state index < -0.39 is 0 Å². The van der Waals surface area contributed by atoms with E-state index in [4.69, 9.17) is 0 Å². The van der Waals surface area contributed by atoms with Crippen molar-refractivity contribution in [2.45, 2.75) is 44.4 Å². The molecular weight excluding hydrogens is 252 g/mol. The van der Waals surface area contributed by atoms with Gasteiger partial charge in [-0.3, -0.25) is 4.68 Å². The third kappa shape index (κ3) is 2.12. The van der Waals surface area contributed by atoms with E-state index in [1.807, 2.05) is 4.68 Å². The van der Waals surface area contributed by atoms with E-state index in [0.717, 1.165) is 6.42 Å². The first kappa shape index (κ1) is 11.2. The minimum Gasteiger partial charge on any atom is -0.272 e. The highest BCUT2D eigenvalue weighted by Gasteiger charge is 2.46. The van der Waals surface area contributed by atoms with E-state index in [-0.39, 0.29) is 0 Å². The number of nitrogens with zero attached hydrogens (tertiary/aromatic N) is 2. The molecule has 0 amide bonds. The summed E-state index contributed by atoms with van der Waals surface area (Å²) >= 11 is 3.73. The monoisotopic (exact) mass is 270 g/mol. The van der Waals surface area contributed by atoms with E-state index in [0.29, 0.717) is 10.2 Å². The summed E-state index contributed by atoms with van der Waals surface area (Å²) in [6.45, 7) is 4.43. The van der Waals surface area contributed by atoms with E-state index >= 15 is 0 Å². The molecule has 0 radical (unpaired) electrons. The SMILES string of the molecule is CCc1cc(CC2(C(C)Br)CC2)n(C)n1. The van der Waals surface area contributed by atoms with Gasteiger partial charge in [-0.15, -0.1) is 0 Å². The third-order valence-corrected chi connectivity index (χ3v) is 4.63. The second kappa shape index (κ2) is 3.93. The second-order valence-corrected chi connectivity index (χ2v) is 6.13. The van der Waals surface area contributed by atoms with Crippen LogP contribution in [-0.4, -0.2) is 14.6 Å². The highest BCUT2D eigenvalue weighted by Crippen LogP contribution is 2.53. The first-order valence-corrected chi connectivity index (χ1v) is 6.65. The molecule has 0 N–H and O–H groups in total. The fourth-order valence-electron chi connectivity index (χ4n) is 2.15. The summed E-state index contributed by atoms with van der Waals surface area (Å²) in [4.78, 5) is 0.616. The summed E-state index contributed by atoms with van der Waals surface area (Å²) in [6.07, 6.45) is 4.91. The third-order valence-electron chi connectivity index (χ3n) is 3.66. The molecule has 0 spiro atoms. The van der Waals surface area contributed by atoms with E-state index in [9.17, 15) is 0 Å². The van der Waals surface area contributed by atoms with Crippen molar-refractivity contribution in [3.8, 4) is 0 Å². The Morgan fingerprint density at radius 3 is 2.67 bits per heavy atom. The molecule has 2 rings (SSSR count). The highest BCUT2D eigenvalue weighted by molar-refractivity contribution is 9.09. The van der Waals surface area contributed by atoms with Gasteiger partial charge in [-0.1, -0.05) is 29.8 Å². The first-order valence-electron chi connectivity index (χ1n) is 5.73. The fourth-order valence-corrected chi connectivity index (χ4v) is 2.77. The standard InChI is InChI=1S/C12H19BrN2/c1-4-10-7-11(15(3)14-10)8-12(5-6-12)9(2)13/h7,9H,4-6,8H2,1-3H3. The average Bonchev–Trinajstić information content (AvgIpc) is 2.88. The maximum absolute atomic E-state index is 4.50. The van der Waals surface area contributed by atoms with Crippen LogP contribution in [0.4, 0.5) is 0 Å². The minimum atomic E-state index is 0.513. The van der Waals surface area contributed by atoms with Crippen LogP contribution < -0.4 is 0 Å². The highest BCUT2D eigenvalue weighted by atomic mass is 79.9. The van der Waals surface area contributed by atoms with Gasteiger partial charge in [0.1, 0.15) is 0 Å². The van der Waals surface area contributed by atoms with Crippen LogP contribution in [0.1, 0.15) is 38.1 Å². The molecule has 15 heavy (non-hydrogen) atoms. The first-order chi connectivity index (χ1) is 7.07. The van der Waals surface area contributed by atoms with Crippen molar-refractivity contribution in [3.05, 3.63) is 17.5 Å². The van der Waals surface area contributed by atoms with Crippen LogP contribution in [-0.2, 0) is 19.9 Å². The number of aromatic nitrogens is 2. The number of aryl methyl sites for hydroxylation is 2. The Kier molecular flexibility index (Phi) is 2.93. The van der Waals surface area contributed by atoms with Gasteiger partial charge in [0.15, 0.2) is 0 Å². The van der Waals surface area contributed by atoms with Crippen molar-refractivity contribution in [1.29, 1.82) is 0 Å². The van der Waals surface area contributed by atoms with Gasteiger partial charge in [0.2, 0.25) is 0 Å². The summed E-state index contributed by atoms with van der Waals surface area (Å²) in [5, 5.41) is 4.50. The molecule has 0 aliphatic heterocycles. The zero-order valence-corrected chi connectivity index (χ0v) is 11.3. The van der Waals surface area contributed by atoms with E-state index in [1.165, 1.54) is 30.7 Å². The Labute approximate surface area is 100 Å². The van der Waals surface area contributed by atoms with Gasteiger partial charge in [-0.25, -0.2) is 0 Å². The Morgan fingerprint density at radius 2 is 2.27 bits per heavy atom. The number of halogens is 1. The molecule has 84 valence electrons. The van der Waals surface area contributed by atoms with Gasteiger partial charge >= 0.3 is 0 Å². The van der Waals surface area contributed by atoms with Crippen LogP contribution in [0.3, 0.4) is 0 Å². The lowest BCUT2D eigenvalue weighted by Crippen LogP contribution is -2.17. The summed E-state index contributed by atoms with van der Waals surface area (Å²) < 4.78 is 2.05. The average molecular weight is 271 g/mol. The molecule has 1 heterocycles. The molecule has 1 fully saturated rings. The molecule has 0 bridgehead atoms. The van der Waals surface area contributed by atoms with Crippen LogP contribution in [0.15, 0.2) is 6.07 Å². The topological polar surface area (TPSA) is 17.8 Å². The predicted octanol–water partition coefficient (Wildman–Crippen LogP) is 3.09. The Balaban J connectivity index is 2.14. The molecule has 3 heteroatoms. The summed E-state index contributed by atoms with van der Waals surface area (Å²) in [5.74, 6) is 0. The van der Waals surface area contributed by atoms with Crippen molar-refractivity contribution in [2.24, 2.45) is 12.5 Å². The molecule has 2 nitrogen and oxygen atoms in total. The summed E-state index contributed by atoms with van der Waals surface area (Å²) in [5.41, 5.74) is 3.11. The van der Waals surface area contributed by atoms with Gasteiger partial charge < -0.3 is 0 Å². The second-order valence-electron chi connectivity index (χ2n) is 4.76. The van der Waals surface area contributed by atoms with Crippen molar-refractivity contribution >= 4 is 15.9 Å². The molecule has 1 aliphatic carbocycles. The Bertz CT molecular complexity index is 351. The quantitative estimate of drug-likeness (QED) is 0.769. The van der Waals surface area contributed by atoms with Crippen molar-refractivity contribution in [3.63, 3.8) is 0 Å². The maximum Gasteiger partial charge on any atom is 0.0624 e. The Hall–Kier alpha value is -0.310. The van der Waals surface area contributed by atoms with Crippen molar-refractivity contribution in [2.75, 3.05) is 0 Å². The number of alkyl halides is 1. The van der Waals surface area contributed by atoms with Crippen LogP contribution in [0.25, 0.3) is 0 Å². The summed E-state index contributed by atoms with van der Waals surface area (Å²) in [6, 6.07) is 2.26. The summed E-state index contributed by atoms with van der Waals surface area (Å²) in [7, 11) is 2.06. The van der Waals surface area contributed by atoms with Crippen LogP contribution in [0.5, 0.6) is 0 Å². The minimum absolute atomic E-state index is 0.513.